The first-order valence-corrected chi connectivity index (χ1v) is 7.20. The van der Waals surface area contributed by atoms with Crippen LogP contribution in [0.1, 0.15) is 25.3 Å². The number of morpholine rings is 1. The van der Waals surface area contributed by atoms with Crippen LogP contribution in [-0.2, 0) is 9.53 Å². The molecule has 0 radical (unpaired) electrons. The summed E-state index contributed by atoms with van der Waals surface area (Å²) >= 11 is 5.85. The molecule has 1 aliphatic rings. The number of benzene rings is 1. The molecule has 3 unspecified atom stereocenters. The Labute approximate surface area is 119 Å². The normalized spacial score (nSPS) is 25.1. The lowest BCUT2D eigenvalue weighted by Gasteiger charge is -2.37. The van der Waals surface area contributed by atoms with Crippen LogP contribution < -0.4 is 0 Å². The van der Waals surface area contributed by atoms with Gasteiger partial charge in [-0.15, -0.1) is 11.6 Å². The van der Waals surface area contributed by atoms with Gasteiger partial charge in [-0.05, 0) is 19.4 Å². The van der Waals surface area contributed by atoms with Crippen LogP contribution in [0.5, 0.6) is 0 Å². The average molecular weight is 282 g/mol. The van der Waals surface area contributed by atoms with E-state index in [1.165, 1.54) is 0 Å². The topological polar surface area (TPSA) is 29.5 Å². The molecule has 1 amide bonds. The Balaban J connectivity index is 2.06. The van der Waals surface area contributed by atoms with Gasteiger partial charge < -0.3 is 9.64 Å². The van der Waals surface area contributed by atoms with Gasteiger partial charge in [-0.2, -0.15) is 0 Å². The number of halogens is 1. The van der Waals surface area contributed by atoms with E-state index in [1.807, 2.05) is 49.1 Å². The Morgan fingerprint density at radius 2 is 2.11 bits per heavy atom. The smallest absolute Gasteiger partial charge is 0.230 e. The van der Waals surface area contributed by atoms with E-state index in [0.717, 1.165) is 5.56 Å². The molecule has 104 valence electrons. The fourth-order valence-corrected chi connectivity index (χ4v) is 2.64. The van der Waals surface area contributed by atoms with E-state index < -0.39 is 0 Å². The summed E-state index contributed by atoms with van der Waals surface area (Å²) < 4.78 is 5.68. The molecule has 0 bridgehead atoms. The second-order valence-corrected chi connectivity index (χ2v) is 5.41. The van der Waals surface area contributed by atoms with Gasteiger partial charge in [-0.25, -0.2) is 0 Å². The van der Waals surface area contributed by atoms with E-state index in [4.69, 9.17) is 16.3 Å². The van der Waals surface area contributed by atoms with Crippen molar-refractivity contribution in [3.63, 3.8) is 0 Å². The fourth-order valence-electron chi connectivity index (χ4n) is 2.47. The maximum absolute atomic E-state index is 12.5. The van der Waals surface area contributed by atoms with Crippen LogP contribution in [0.15, 0.2) is 30.3 Å². The van der Waals surface area contributed by atoms with Crippen molar-refractivity contribution in [2.45, 2.75) is 32.0 Å². The van der Waals surface area contributed by atoms with Crippen molar-refractivity contribution < 1.29 is 9.53 Å². The number of carbonyl (C=O) groups is 1. The van der Waals surface area contributed by atoms with Crippen LogP contribution in [0.3, 0.4) is 0 Å². The molecule has 0 saturated carbocycles. The summed E-state index contributed by atoms with van der Waals surface area (Å²) in [5.41, 5.74) is 1.05. The summed E-state index contributed by atoms with van der Waals surface area (Å²) in [6.07, 6.45) is -0.0123. The number of rotatable bonds is 3. The Bertz CT molecular complexity index is 423. The minimum absolute atomic E-state index is 0.0458. The van der Waals surface area contributed by atoms with Crippen LogP contribution in [0.2, 0.25) is 0 Å². The van der Waals surface area contributed by atoms with Gasteiger partial charge >= 0.3 is 0 Å². The molecule has 2 rings (SSSR count). The SMILES string of the molecule is CC1CN(C(=O)C(C)c2ccccc2)CC(CCl)O1. The lowest BCUT2D eigenvalue weighted by molar-refractivity contribution is -0.144. The number of nitrogens with zero attached hydrogens (tertiary/aromatic N) is 1. The summed E-state index contributed by atoms with van der Waals surface area (Å²) in [6.45, 7) is 5.16. The number of carbonyl (C=O) groups excluding carboxylic acids is 1. The second-order valence-electron chi connectivity index (χ2n) is 5.10. The Hall–Kier alpha value is -1.06. The standard InChI is InChI=1S/C15H20ClNO2/c1-11-9-17(10-14(8-16)19-11)15(18)12(2)13-6-4-3-5-7-13/h3-7,11-12,14H,8-10H2,1-2H3. The van der Waals surface area contributed by atoms with E-state index in [0.29, 0.717) is 19.0 Å². The van der Waals surface area contributed by atoms with E-state index in [1.54, 1.807) is 0 Å². The van der Waals surface area contributed by atoms with E-state index in [9.17, 15) is 4.79 Å². The van der Waals surface area contributed by atoms with Gasteiger partial charge in [0.15, 0.2) is 0 Å². The van der Waals surface area contributed by atoms with Crippen molar-refractivity contribution in [2.24, 2.45) is 0 Å². The van der Waals surface area contributed by atoms with Crippen LogP contribution in [0.4, 0.5) is 0 Å². The zero-order valence-electron chi connectivity index (χ0n) is 11.4. The fraction of sp³-hybridized carbons (Fsp3) is 0.533. The van der Waals surface area contributed by atoms with Gasteiger partial charge in [0.1, 0.15) is 0 Å². The highest BCUT2D eigenvalue weighted by Gasteiger charge is 2.30. The number of hydrogen-bond acceptors (Lipinski definition) is 2. The first-order valence-electron chi connectivity index (χ1n) is 6.67. The second kappa shape index (κ2) is 6.40. The van der Waals surface area contributed by atoms with E-state index >= 15 is 0 Å². The first-order chi connectivity index (χ1) is 9.11. The van der Waals surface area contributed by atoms with Crippen molar-refractivity contribution in [1.82, 2.24) is 4.90 Å². The molecule has 0 aliphatic carbocycles. The molecule has 3 atom stereocenters. The quantitative estimate of drug-likeness (QED) is 0.797. The molecule has 0 N–H and O–H groups in total. The zero-order valence-corrected chi connectivity index (χ0v) is 12.1. The number of alkyl halides is 1. The largest absolute Gasteiger partial charge is 0.370 e. The highest BCUT2D eigenvalue weighted by Crippen LogP contribution is 2.21. The highest BCUT2D eigenvalue weighted by molar-refractivity contribution is 6.18. The molecule has 19 heavy (non-hydrogen) atoms. The highest BCUT2D eigenvalue weighted by atomic mass is 35.5. The molecule has 1 aromatic rings. The monoisotopic (exact) mass is 281 g/mol. The molecule has 0 aromatic heterocycles. The summed E-state index contributed by atoms with van der Waals surface area (Å²) in [7, 11) is 0. The maximum Gasteiger partial charge on any atom is 0.230 e. The van der Waals surface area contributed by atoms with Gasteiger partial charge in [-0.3, -0.25) is 4.79 Å². The first kappa shape index (κ1) is 14.4. The Kier molecular flexibility index (Phi) is 4.83. The number of amides is 1. The van der Waals surface area contributed by atoms with Gasteiger partial charge in [0.05, 0.1) is 24.0 Å². The minimum Gasteiger partial charge on any atom is -0.370 e. The Morgan fingerprint density at radius 3 is 2.74 bits per heavy atom. The van der Waals surface area contributed by atoms with Crippen LogP contribution >= 0.6 is 11.6 Å². The number of ether oxygens (including phenoxy) is 1. The van der Waals surface area contributed by atoms with E-state index in [2.05, 4.69) is 0 Å². The van der Waals surface area contributed by atoms with Crippen molar-refractivity contribution in [2.75, 3.05) is 19.0 Å². The van der Waals surface area contributed by atoms with Crippen molar-refractivity contribution in [3.8, 4) is 0 Å². The summed E-state index contributed by atoms with van der Waals surface area (Å²) in [4.78, 5) is 14.4. The summed E-state index contributed by atoms with van der Waals surface area (Å²) in [5, 5.41) is 0. The molecule has 3 nitrogen and oxygen atoms in total. The molecule has 4 heteroatoms. The van der Waals surface area contributed by atoms with Gasteiger partial charge in [0.25, 0.3) is 0 Å². The minimum atomic E-state index is -0.123. The third-order valence-corrected chi connectivity index (χ3v) is 3.82. The molecule has 0 spiro atoms. The predicted molar refractivity (Wildman–Crippen MR) is 76.5 cm³/mol. The van der Waals surface area contributed by atoms with E-state index in [-0.39, 0.29) is 24.0 Å². The summed E-state index contributed by atoms with van der Waals surface area (Å²) in [5.74, 6) is 0.451. The van der Waals surface area contributed by atoms with Crippen molar-refractivity contribution >= 4 is 17.5 Å². The van der Waals surface area contributed by atoms with Crippen LogP contribution in [-0.4, -0.2) is 42.0 Å². The predicted octanol–water partition coefficient (Wildman–Crippen LogP) is 2.64. The van der Waals surface area contributed by atoms with Gasteiger partial charge in [0.2, 0.25) is 5.91 Å². The van der Waals surface area contributed by atoms with Gasteiger partial charge in [0, 0.05) is 13.1 Å². The third-order valence-electron chi connectivity index (χ3n) is 3.48. The lowest BCUT2D eigenvalue weighted by Crippen LogP contribution is -2.50. The van der Waals surface area contributed by atoms with Gasteiger partial charge in [-0.1, -0.05) is 30.3 Å². The Morgan fingerprint density at radius 1 is 1.42 bits per heavy atom. The molecule has 1 fully saturated rings. The third kappa shape index (κ3) is 3.48. The molecule has 1 heterocycles. The molecular formula is C15H20ClNO2. The van der Waals surface area contributed by atoms with Crippen molar-refractivity contribution in [1.29, 1.82) is 0 Å². The molecule has 1 aliphatic heterocycles. The zero-order chi connectivity index (χ0) is 13.8. The van der Waals surface area contributed by atoms with Crippen LogP contribution in [0, 0.1) is 0 Å². The molecule has 1 saturated heterocycles. The number of hydrogen-bond donors (Lipinski definition) is 0. The molecule has 1 aromatic carbocycles. The van der Waals surface area contributed by atoms with Crippen LogP contribution in [0.25, 0.3) is 0 Å². The summed E-state index contributed by atoms with van der Waals surface area (Å²) in [6, 6.07) is 9.86. The molecular weight excluding hydrogens is 262 g/mol. The maximum atomic E-state index is 12.5. The average Bonchev–Trinajstić information content (AvgIpc) is 2.46. The van der Waals surface area contributed by atoms with Crippen molar-refractivity contribution in [3.05, 3.63) is 35.9 Å². The lowest BCUT2D eigenvalue weighted by atomic mass is 9.99.